The van der Waals surface area contributed by atoms with Gasteiger partial charge in [-0.2, -0.15) is 0 Å². The lowest BCUT2D eigenvalue weighted by molar-refractivity contribution is -0.113. The monoisotopic (exact) mass is 310 g/mol. The van der Waals surface area contributed by atoms with E-state index in [2.05, 4.69) is 10.6 Å². The molecule has 2 aromatic carbocycles. The SMILES string of the molecule is NC(=O)/C=C\c1cn(Cc2ccc(Cl)cc2)c2ccccc12. The fourth-order valence-corrected chi connectivity index (χ4v) is 2.62. The summed E-state index contributed by atoms with van der Waals surface area (Å²) in [4.78, 5) is 11.0. The van der Waals surface area contributed by atoms with Crippen molar-refractivity contribution < 1.29 is 4.79 Å². The molecule has 0 saturated carbocycles. The van der Waals surface area contributed by atoms with Crippen LogP contribution in [0.2, 0.25) is 5.02 Å². The summed E-state index contributed by atoms with van der Waals surface area (Å²) in [5.41, 5.74) is 8.43. The molecule has 2 N–H and O–H groups in total. The van der Waals surface area contributed by atoms with Crippen LogP contribution in [0.15, 0.2) is 60.8 Å². The Kier molecular flexibility index (Phi) is 3.98. The molecule has 0 bridgehead atoms. The molecule has 0 unspecified atom stereocenters. The largest absolute Gasteiger partial charge is 0.366 e. The highest BCUT2D eigenvalue weighted by Crippen LogP contribution is 2.23. The van der Waals surface area contributed by atoms with Crippen molar-refractivity contribution in [3.63, 3.8) is 0 Å². The number of carbonyl (C=O) groups excluding carboxylic acids is 1. The predicted octanol–water partition coefficient (Wildman–Crippen LogP) is 3.84. The van der Waals surface area contributed by atoms with Gasteiger partial charge in [-0.05, 0) is 29.8 Å². The average Bonchev–Trinajstić information content (AvgIpc) is 2.86. The molecule has 3 aromatic rings. The van der Waals surface area contributed by atoms with Crippen LogP contribution in [0.5, 0.6) is 0 Å². The molecule has 1 amide bonds. The molecular weight excluding hydrogens is 296 g/mol. The Morgan fingerprint density at radius 3 is 2.59 bits per heavy atom. The number of rotatable bonds is 4. The van der Waals surface area contributed by atoms with Crippen molar-refractivity contribution in [1.82, 2.24) is 4.57 Å². The van der Waals surface area contributed by atoms with Gasteiger partial charge in [-0.15, -0.1) is 0 Å². The minimum atomic E-state index is -0.450. The Morgan fingerprint density at radius 2 is 1.86 bits per heavy atom. The van der Waals surface area contributed by atoms with Gasteiger partial charge in [0.2, 0.25) is 5.91 Å². The van der Waals surface area contributed by atoms with E-state index in [1.165, 1.54) is 6.08 Å². The molecule has 110 valence electrons. The van der Waals surface area contributed by atoms with Crippen molar-refractivity contribution in [3.8, 4) is 0 Å². The number of hydrogen-bond donors (Lipinski definition) is 1. The van der Waals surface area contributed by atoms with Gasteiger partial charge in [0, 0.05) is 40.3 Å². The summed E-state index contributed by atoms with van der Waals surface area (Å²) in [7, 11) is 0. The lowest BCUT2D eigenvalue weighted by atomic mass is 10.1. The highest BCUT2D eigenvalue weighted by molar-refractivity contribution is 6.30. The van der Waals surface area contributed by atoms with Gasteiger partial charge in [-0.3, -0.25) is 4.79 Å². The standard InChI is InChI=1S/C18H15ClN2O/c19-15-8-5-13(6-9-15)11-21-12-14(7-10-18(20)22)16-3-1-2-4-17(16)21/h1-10,12H,11H2,(H2,20,22)/b10-7-. The van der Waals surface area contributed by atoms with Gasteiger partial charge in [-0.25, -0.2) is 0 Å². The lowest BCUT2D eigenvalue weighted by Crippen LogP contribution is -2.05. The molecule has 0 aliphatic heterocycles. The van der Waals surface area contributed by atoms with E-state index in [1.54, 1.807) is 6.08 Å². The van der Waals surface area contributed by atoms with Crippen LogP contribution in [0.3, 0.4) is 0 Å². The quantitative estimate of drug-likeness (QED) is 0.731. The molecule has 1 heterocycles. The van der Waals surface area contributed by atoms with Gasteiger partial charge < -0.3 is 10.3 Å². The Labute approximate surface area is 133 Å². The number of fused-ring (bicyclic) bond motifs is 1. The summed E-state index contributed by atoms with van der Waals surface area (Å²) in [5.74, 6) is -0.450. The average molecular weight is 311 g/mol. The van der Waals surface area contributed by atoms with Crippen molar-refractivity contribution in [2.45, 2.75) is 6.54 Å². The highest BCUT2D eigenvalue weighted by atomic mass is 35.5. The molecular formula is C18H15ClN2O. The van der Waals surface area contributed by atoms with E-state index < -0.39 is 5.91 Å². The first-order valence-corrected chi connectivity index (χ1v) is 7.31. The molecule has 3 nitrogen and oxygen atoms in total. The Bertz CT molecular complexity index is 847. The summed E-state index contributed by atoms with van der Waals surface area (Å²) >= 11 is 5.93. The smallest absolute Gasteiger partial charge is 0.241 e. The Morgan fingerprint density at radius 1 is 1.14 bits per heavy atom. The van der Waals surface area contributed by atoms with Crippen molar-refractivity contribution in [1.29, 1.82) is 0 Å². The molecule has 0 aliphatic rings. The first-order chi connectivity index (χ1) is 10.6. The molecule has 0 atom stereocenters. The number of hydrogen-bond acceptors (Lipinski definition) is 1. The fraction of sp³-hybridized carbons (Fsp3) is 0.0556. The van der Waals surface area contributed by atoms with Crippen LogP contribution in [-0.2, 0) is 11.3 Å². The molecule has 3 rings (SSSR count). The van der Waals surface area contributed by atoms with E-state index >= 15 is 0 Å². The van der Waals surface area contributed by atoms with Gasteiger partial charge in [0.25, 0.3) is 0 Å². The molecule has 1 aromatic heterocycles. The molecule has 4 heteroatoms. The third-order valence-corrected chi connectivity index (χ3v) is 3.76. The molecule has 22 heavy (non-hydrogen) atoms. The summed E-state index contributed by atoms with van der Waals surface area (Å²) in [5, 5.41) is 1.82. The minimum Gasteiger partial charge on any atom is -0.366 e. The number of primary amides is 1. The van der Waals surface area contributed by atoms with E-state index in [0.29, 0.717) is 0 Å². The Balaban J connectivity index is 2.02. The third kappa shape index (κ3) is 3.05. The van der Waals surface area contributed by atoms with E-state index in [1.807, 2.05) is 48.7 Å². The van der Waals surface area contributed by atoms with E-state index in [0.717, 1.165) is 33.6 Å². The third-order valence-electron chi connectivity index (χ3n) is 3.51. The van der Waals surface area contributed by atoms with E-state index in [-0.39, 0.29) is 0 Å². The minimum absolute atomic E-state index is 0.450. The summed E-state index contributed by atoms with van der Waals surface area (Å²) in [6.45, 7) is 0.738. The molecule has 0 aliphatic carbocycles. The number of para-hydroxylation sites is 1. The normalized spacial score (nSPS) is 11.3. The molecule has 0 fully saturated rings. The van der Waals surface area contributed by atoms with Crippen molar-refractivity contribution in [3.05, 3.63) is 77.0 Å². The van der Waals surface area contributed by atoms with Crippen molar-refractivity contribution in [2.75, 3.05) is 0 Å². The highest BCUT2D eigenvalue weighted by Gasteiger charge is 2.06. The molecule has 0 radical (unpaired) electrons. The van der Waals surface area contributed by atoms with Crippen molar-refractivity contribution >= 4 is 34.5 Å². The van der Waals surface area contributed by atoms with Crippen LogP contribution in [-0.4, -0.2) is 10.5 Å². The van der Waals surface area contributed by atoms with Crippen LogP contribution in [0.25, 0.3) is 17.0 Å². The Hall–Kier alpha value is -2.52. The maximum atomic E-state index is 11.0. The topological polar surface area (TPSA) is 48.0 Å². The number of aromatic nitrogens is 1. The number of halogens is 1. The van der Waals surface area contributed by atoms with Crippen LogP contribution in [0, 0.1) is 0 Å². The lowest BCUT2D eigenvalue weighted by Gasteiger charge is -2.05. The van der Waals surface area contributed by atoms with Crippen LogP contribution >= 0.6 is 11.6 Å². The molecule has 0 saturated heterocycles. The first kappa shape index (κ1) is 14.4. The van der Waals surface area contributed by atoms with Gasteiger partial charge in [0.1, 0.15) is 0 Å². The number of benzene rings is 2. The second-order valence-corrected chi connectivity index (χ2v) is 5.53. The number of nitrogens with two attached hydrogens (primary N) is 1. The van der Waals surface area contributed by atoms with Crippen LogP contribution in [0.4, 0.5) is 0 Å². The van der Waals surface area contributed by atoms with Crippen LogP contribution < -0.4 is 5.73 Å². The van der Waals surface area contributed by atoms with E-state index in [4.69, 9.17) is 17.3 Å². The van der Waals surface area contributed by atoms with E-state index in [9.17, 15) is 4.79 Å². The van der Waals surface area contributed by atoms with Gasteiger partial charge in [0.15, 0.2) is 0 Å². The zero-order chi connectivity index (χ0) is 15.5. The van der Waals surface area contributed by atoms with Gasteiger partial charge in [-0.1, -0.05) is 41.9 Å². The van der Waals surface area contributed by atoms with Gasteiger partial charge in [0.05, 0.1) is 0 Å². The van der Waals surface area contributed by atoms with Crippen LogP contribution in [0.1, 0.15) is 11.1 Å². The second kappa shape index (κ2) is 6.08. The maximum absolute atomic E-state index is 11.0. The summed E-state index contributed by atoms with van der Waals surface area (Å²) in [6.07, 6.45) is 5.16. The fourth-order valence-electron chi connectivity index (χ4n) is 2.50. The summed E-state index contributed by atoms with van der Waals surface area (Å²) < 4.78 is 2.15. The number of amides is 1. The first-order valence-electron chi connectivity index (χ1n) is 6.93. The second-order valence-electron chi connectivity index (χ2n) is 5.09. The van der Waals surface area contributed by atoms with Gasteiger partial charge >= 0.3 is 0 Å². The number of nitrogens with zero attached hydrogens (tertiary/aromatic N) is 1. The predicted molar refractivity (Wildman–Crippen MR) is 90.7 cm³/mol. The zero-order valence-corrected chi connectivity index (χ0v) is 12.6. The summed E-state index contributed by atoms with van der Waals surface area (Å²) in [6, 6.07) is 15.9. The number of carbonyl (C=O) groups is 1. The molecule has 0 spiro atoms. The zero-order valence-electron chi connectivity index (χ0n) is 11.9. The van der Waals surface area contributed by atoms with Crippen molar-refractivity contribution in [2.24, 2.45) is 5.73 Å². The maximum Gasteiger partial charge on any atom is 0.241 e.